The maximum absolute atomic E-state index is 12.9. The molecule has 4 rings (SSSR count). The van der Waals surface area contributed by atoms with Gasteiger partial charge in [0.2, 0.25) is 5.91 Å². The predicted octanol–water partition coefficient (Wildman–Crippen LogP) is 2.60. The van der Waals surface area contributed by atoms with Crippen LogP contribution in [-0.2, 0) is 14.3 Å². The molecule has 2 aliphatic rings. The minimum Gasteiger partial charge on any atom is -0.480 e. The van der Waals surface area contributed by atoms with E-state index in [1.807, 2.05) is 36.4 Å². The number of carbonyl (C=O) groups is 3. The molecule has 1 heterocycles. The van der Waals surface area contributed by atoms with Crippen molar-refractivity contribution in [3.8, 4) is 11.1 Å². The summed E-state index contributed by atoms with van der Waals surface area (Å²) in [5, 5.41) is 21.8. The lowest BCUT2D eigenvalue weighted by atomic mass is 9.91. The lowest BCUT2D eigenvalue weighted by Gasteiger charge is -2.31. The molecule has 174 valence electrons. The molecule has 8 heteroatoms. The van der Waals surface area contributed by atoms with E-state index in [1.165, 1.54) is 4.90 Å². The molecule has 0 aromatic heterocycles. The minimum absolute atomic E-state index is 0.00302. The van der Waals surface area contributed by atoms with Crippen LogP contribution in [-0.4, -0.2) is 64.9 Å². The van der Waals surface area contributed by atoms with E-state index < -0.39 is 35.5 Å². The molecule has 1 saturated heterocycles. The number of likely N-dealkylation sites (tertiary alicyclic amines) is 1. The van der Waals surface area contributed by atoms with Crippen LogP contribution in [0.4, 0.5) is 4.79 Å². The van der Waals surface area contributed by atoms with Crippen LogP contribution in [0.3, 0.4) is 0 Å². The standard InChI is InChI=1S/C25H28N2O6/c1-25(2,23(31)27-12-15(28)11-21(27)22(29)30)14-26-24(32)33-13-20-18-9-5-3-7-16(18)17-8-4-6-10-19(17)20/h3-10,15,20-21,28H,11-14H2,1-2H3,(H,26,32)(H,29,30)/t15?,21-/m0/s1. The summed E-state index contributed by atoms with van der Waals surface area (Å²) in [6.45, 7) is 3.35. The van der Waals surface area contributed by atoms with Gasteiger partial charge in [-0.15, -0.1) is 0 Å². The molecule has 0 radical (unpaired) electrons. The van der Waals surface area contributed by atoms with E-state index in [-0.39, 0.29) is 32.0 Å². The maximum atomic E-state index is 12.9. The number of aliphatic hydroxyl groups is 1. The summed E-state index contributed by atoms with van der Waals surface area (Å²) < 4.78 is 5.51. The number of aliphatic hydroxyl groups excluding tert-OH is 1. The van der Waals surface area contributed by atoms with E-state index >= 15 is 0 Å². The van der Waals surface area contributed by atoms with Gasteiger partial charge in [0.05, 0.1) is 11.5 Å². The van der Waals surface area contributed by atoms with Crippen LogP contribution in [0.25, 0.3) is 11.1 Å². The number of amides is 2. The van der Waals surface area contributed by atoms with Crippen molar-refractivity contribution < 1.29 is 29.3 Å². The van der Waals surface area contributed by atoms with E-state index in [1.54, 1.807) is 13.8 Å². The van der Waals surface area contributed by atoms with Crippen LogP contribution >= 0.6 is 0 Å². The zero-order chi connectivity index (χ0) is 23.8. The van der Waals surface area contributed by atoms with Gasteiger partial charge in [-0.3, -0.25) is 4.79 Å². The minimum atomic E-state index is -1.15. The van der Waals surface area contributed by atoms with Gasteiger partial charge in [-0.1, -0.05) is 48.5 Å². The summed E-state index contributed by atoms with van der Waals surface area (Å²) in [5.41, 5.74) is 3.41. The quantitative estimate of drug-likeness (QED) is 0.620. The van der Waals surface area contributed by atoms with Crippen LogP contribution in [0.5, 0.6) is 0 Å². The van der Waals surface area contributed by atoms with Crippen molar-refractivity contribution >= 4 is 18.0 Å². The Balaban J connectivity index is 1.36. The first-order valence-electron chi connectivity index (χ1n) is 11.0. The summed E-state index contributed by atoms with van der Waals surface area (Å²) in [7, 11) is 0. The van der Waals surface area contributed by atoms with Crippen LogP contribution in [0.15, 0.2) is 48.5 Å². The third-order valence-electron chi connectivity index (χ3n) is 6.42. The van der Waals surface area contributed by atoms with Gasteiger partial charge < -0.3 is 25.2 Å². The number of β-amino-alcohol motifs (C(OH)–C–C–N with tert-alkyl or cyclic N) is 1. The van der Waals surface area contributed by atoms with Crippen LogP contribution in [0.2, 0.25) is 0 Å². The average Bonchev–Trinajstić information content (AvgIpc) is 3.34. The second-order valence-electron chi connectivity index (χ2n) is 9.26. The molecule has 2 atom stereocenters. The Labute approximate surface area is 192 Å². The number of benzene rings is 2. The highest BCUT2D eigenvalue weighted by Crippen LogP contribution is 2.44. The van der Waals surface area contributed by atoms with Gasteiger partial charge in [-0.2, -0.15) is 0 Å². The number of carboxylic acids is 1. The van der Waals surface area contributed by atoms with Crippen molar-refractivity contribution in [3.63, 3.8) is 0 Å². The van der Waals surface area contributed by atoms with Crippen molar-refractivity contribution in [1.29, 1.82) is 0 Å². The van der Waals surface area contributed by atoms with Crippen LogP contribution in [0, 0.1) is 5.41 Å². The number of hydrogen-bond acceptors (Lipinski definition) is 5. The van der Waals surface area contributed by atoms with E-state index in [9.17, 15) is 24.6 Å². The van der Waals surface area contributed by atoms with Crippen LogP contribution in [0.1, 0.15) is 37.3 Å². The van der Waals surface area contributed by atoms with E-state index in [0.717, 1.165) is 22.3 Å². The number of nitrogens with one attached hydrogen (secondary N) is 1. The highest BCUT2D eigenvalue weighted by atomic mass is 16.5. The van der Waals surface area contributed by atoms with Crippen molar-refractivity contribution in [1.82, 2.24) is 10.2 Å². The molecule has 8 nitrogen and oxygen atoms in total. The summed E-state index contributed by atoms with van der Waals surface area (Å²) in [5.74, 6) is -1.66. The molecule has 33 heavy (non-hydrogen) atoms. The molecule has 0 spiro atoms. The molecule has 0 saturated carbocycles. The zero-order valence-corrected chi connectivity index (χ0v) is 18.7. The third-order valence-corrected chi connectivity index (χ3v) is 6.42. The molecular formula is C25H28N2O6. The average molecular weight is 453 g/mol. The summed E-state index contributed by atoms with van der Waals surface area (Å²) in [6.07, 6.45) is -1.52. The Kier molecular flexibility index (Phi) is 6.12. The van der Waals surface area contributed by atoms with E-state index in [0.29, 0.717) is 0 Å². The Hall–Kier alpha value is -3.39. The molecule has 1 fully saturated rings. The number of ether oxygens (including phenoxy) is 1. The lowest BCUT2D eigenvalue weighted by Crippen LogP contribution is -2.50. The lowest BCUT2D eigenvalue weighted by molar-refractivity contribution is -0.152. The number of hydrogen-bond donors (Lipinski definition) is 3. The summed E-state index contributed by atoms with van der Waals surface area (Å²) in [6, 6.07) is 15.0. The Bertz CT molecular complexity index is 1040. The van der Waals surface area contributed by atoms with Crippen molar-refractivity contribution in [2.24, 2.45) is 5.41 Å². The highest BCUT2D eigenvalue weighted by Gasteiger charge is 2.44. The monoisotopic (exact) mass is 452 g/mol. The first-order chi connectivity index (χ1) is 15.7. The number of carbonyl (C=O) groups excluding carboxylic acids is 2. The maximum Gasteiger partial charge on any atom is 0.407 e. The second-order valence-corrected chi connectivity index (χ2v) is 9.26. The summed E-state index contributed by atoms with van der Waals surface area (Å²) >= 11 is 0. The topological polar surface area (TPSA) is 116 Å². The number of fused-ring (bicyclic) bond motifs is 3. The molecule has 3 N–H and O–H groups in total. The third kappa shape index (κ3) is 4.43. The van der Waals surface area contributed by atoms with Crippen molar-refractivity contribution in [3.05, 3.63) is 59.7 Å². The smallest absolute Gasteiger partial charge is 0.407 e. The zero-order valence-electron chi connectivity index (χ0n) is 18.7. The number of carboxylic acid groups (broad SMARTS) is 1. The van der Waals surface area contributed by atoms with Gasteiger partial charge in [0.15, 0.2) is 0 Å². The molecular weight excluding hydrogens is 424 g/mol. The SMILES string of the molecule is CC(C)(CNC(=O)OCC1c2ccccc2-c2ccccc21)C(=O)N1CC(O)C[C@H]1C(=O)O. The van der Waals surface area contributed by atoms with Crippen LogP contribution < -0.4 is 5.32 Å². The first kappa shape index (κ1) is 22.8. The number of nitrogens with zero attached hydrogens (tertiary/aromatic N) is 1. The molecule has 2 aromatic rings. The fourth-order valence-electron chi connectivity index (χ4n) is 4.68. The van der Waals surface area contributed by atoms with Gasteiger partial charge in [0, 0.05) is 25.4 Å². The summed E-state index contributed by atoms with van der Waals surface area (Å²) in [4.78, 5) is 38.0. The largest absolute Gasteiger partial charge is 0.480 e. The Morgan fingerprint density at radius 2 is 1.64 bits per heavy atom. The van der Waals surface area contributed by atoms with Gasteiger partial charge in [0.1, 0.15) is 12.6 Å². The van der Waals surface area contributed by atoms with Crippen molar-refractivity contribution in [2.75, 3.05) is 19.7 Å². The van der Waals surface area contributed by atoms with Gasteiger partial charge in [0.25, 0.3) is 0 Å². The molecule has 2 amide bonds. The van der Waals surface area contributed by atoms with Crippen molar-refractivity contribution in [2.45, 2.75) is 38.3 Å². The number of aliphatic carboxylic acids is 1. The predicted molar refractivity (Wildman–Crippen MR) is 121 cm³/mol. The van der Waals surface area contributed by atoms with E-state index in [2.05, 4.69) is 17.4 Å². The fraction of sp³-hybridized carbons (Fsp3) is 0.400. The second kappa shape index (κ2) is 8.86. The molecule has 1 aliphatic heterocycles. The first-order valence-corrected chi connectivity index (χ1v) is 11.0. The number of alkyl carbamates (subject to hydrolysis) is 1. The van der Waals surface area contributed by atoms with E-state index in [4.69, 9.17) is 4.74 Å². The Morgan fingerprint density at radius 3 is 2.21 bits per heavy atom. The fourth-order valence-corrected chi connectivity index (χ4v) is 4.68. The number of rotatable bonds is 6. The molecule has 1 aliphatic carbocycles. The molecule has 1 unspecified atom stereocenters. The van der Waals surface area contributed by atoms with Gasteiger partial charge in [-0.25, -0.2) is 9.59 Å². The molecule has 2 aromatic carbocycles. The van der Waals surface area contributed by atoms with Gasteiger partial charge >= 0.3 is 12.1 Å². The normalized spacial score (nSPS) is 19.7. The Morgan fingerprint density at radius 1 is 1.06 bits per heavy atom. The highest BCUT2D eigenvalue weighted by molar-refractivity contribution is 5.88. The molecule has 0 bridgehead atoms. The van der Waals surface area contributed by atoms with Gasteiger partial charge in [-0.05, 0) is 36.1 Å².